The summed E-state index contributed by atoms with van der Waals surface area (Å²) in [6.45, 7) is 3.72. The number of carbonyl (C=O) groups is 1. The molecule has 6 nitrogen and oxygen atoms in total. The molecule has 1 saturated heterocycles. The third-order valence-corrected chi connectivity index (χ3v) is 5.08. The molecule has 1 atom stereocenters. The van der Waals surface area contributed by atoms with Crippen molar-refractivity contribution in [1.82, 2.24) is 19.9 Å². The monoisotopic (exact) mass is 356 g/mol. The van der Waals surface area contributed by atoms with Gasteiger partial charge in [0, 0.05) is 37.5 Å². The van der Waals surface area contributed by atoms with Crippen molar-refractivity contribution in [3.63, 3.8) is 0 Å². The van der Waals surface area contributed by atoms with Crippen LogP contribution in [0.1, 0.15) is 37.1 Å². The molecule has 3 rings (SSSR count). The van der Waals surface area contributed by atoms with Crippen LogP contribution in [0.2, 0.25) is 0 Å². The van der Waals surface area contributed by atoms with Crippen molar-refractivity contribution in [1.29, 1.82) is 0 Å². The van der Waals surface area contributed by atoms with Gasteiger partial charge in [0.1, 0.15) is 0 Å². The van der Waals surface area contributed by atoms with Crippen LogP contribution in [-0.2, 0) is 11.2 Å². The molecular formula is C20H28N4O2. The fourth-order valence-corrected chi connectivity index (χ4v) is 3.47. The number of rotatable bonds is 5. The van der Waals surface area contributed by atoms with E-state index < -0.39 is 0 Å². The van der Waals surface area contributed by atoms with Gasteiger partial charge in [-0.2, -0.15) is 4.98 Å². The molecule has 26 heavy (non-hydrogen) atoms. The van der Waals surface area contributed by atoms with Gasteiger partial charge >= 0.3 is 0 Å². The Morgan fingerprint density at radius 2 is 2.15 bits per heavy atom. The molecule has 0 bridgehead atoms. The molecule has 2 aromatic rings. The van der Waals surface area contributed by atoms with Crippen molar-refractivity contribution >= 4 is 5.91 Å². The zero-order valence-corrected chi connectivity index (χ0v) is 15.9. The van der Waals surface area contributed by atoms with Crippen LogP contribution in [0.4, 0.5) is 0 Å². The number of carbonyl (C=O) groups excluding carboxylic acids is 1. The summed E-state index contributed by atoms with van der Waals surface area (Å²) < 4.78 is 5.33. The van der Waals surface area contributed by atoms with E-state index in [2.05, 4.69) is 29.1 Å². The first kappa shape index (κ1) is 18.6. The maximum absolute atomic E-state index is 12.5. The summed E-state index contributed by atoms with van der Waals surface area (Å²) in [4.78, 5) is 21.2. The van der Waals surface area contributed by atoms with Gasteiger partial charge in [0.15, 0.2) is 0 Å². The van der Waals surface area contributed by atoms with Crippen LogP contribution in [0.5, 0.6) is 0 Å². The summed E-state index contributed by atoms with van der Waals surface area (Å²) in [5.41, 5.74) is 2.09. The number of hydrogen-bond donors (Lipinski definition) is 0. The van der Waals surface area contributed by atoms with E-state index in [9.17, 15) is 4.79 Å². The van der Waals surface area contributed by atoms with Gasteiger partial charge in [-0.3, -0.25) is 4.79 Å². The molecule has 2 heterocycles. The normalized spacial score (nSPS) is 18.2. The molecule has 1 aromatic heterocycles. The van der Waals surface area contributed by atoms with Crippen molar-refractivity contribution in [2.45, 2.75) is 45.1 Å². The van der Waals surface area contributed by atoms with Crippen molar-refractivity contribution < 1.29 is 9.32 Å². The van der Waals surface area contributed by atoms with E-state index in [1.807, 2.05) is 36.1 Å². The minimum atomic E-state index is 0.180. The lowest BCUT2D eigenvalue weighted by molar-refractivity contribution is -0.131. The Labute approximate surface area is 155 Å². The highest BCUT2D eigenvalue weighted by Gasteiger charge is 2.22. The van der Waals surface area contributed by atoms with E-state index in [4.69, 9.17) is 4.52 Å². The standard InChI is InChI=1S/C20H28N4O2/c1-15-6-4-7-16(14-15)20-21-18(26-22-20)9-10-19(25)24-12-5-8-17(11-13-24)23(2)3/h4,6-7,14,17H,5,8-13H2,1-3H3/t17-/m0/s1. The van der Waals surface area contributed by atoms with E-state index in [1.165, 1.54) is 0 Å². The third-order valence-electron chi connectivity index (χ3n) is 5.08. The average molecular weight is 356 g/mol. The maximum Gasteiger partial charge on any atom is 0.227 e. The van der Waals surface area contributed by atoms with Gasteiger partial charge in [0.05, 0.1) is 0 Å². The molecule has 140 valence electrons. The summed E-state index contributed by atoms with van der Waals surface area (Å²) >= 11 is 0. The van der Waals surface area contributed by atoms with Crippen molar-refractivity contribution in [2.24, 2.45) is 0 Å². The molecular weight excluding hydrogens is 328 g/mol. The highest BCUT2D eigenvalue weighted by molar-refractivity contribution is 5.76. The Balaban J connectivity index is 1.53. The molecule has 6 heteroatoms. The Kier molecular flexibility index (Phi) is 6.04. The molecule has 0 radical (unpaired) electrons. The highest BCUT2D eigenvalue weighted by Crippen LogP contribution is 2.18. The lowest BCUT2D eigenvalue weighted by Crippen LogP contribution is -2.33. The average Bonchev–Trinajstić information content (AvgIpc) is 2.95. The fourth-order valence-electron chi connectivity index (χ4n) is 3.47. The molecule has 1 aliphatic heterocycles. The second-order valence-electron chi connectivity index (χ2n) is 7.31. The first-order chi connectivity index (χ1) is 12.5. The quantitative estimate of drug-likeness (QED) is 0.824. The summed E-state index contributed by atoms with van der Waals surface area (Å²) in [7, 11) is 4.23. The molecule has 0 saturated carbocycles. The topological polar surface area (TPSA) is 62.5 Å². The molecule has 1 fully saturated rings. The fraction of sp³-hybridized carbons (Fsp3) is 0.550. The van der Waals surface area contributed by atoms with Gasteiger partial charge in [-0.1, -0.05) is 28.9 Å². The number of nitrogens with zero attached hydrogens (tertiary/aromatic N) is 4. The van der Waals surface area contributed by atoms with Gasteiger partial charge in [0.2, 0.25) is 17.6 Å². The lowest BCUT2D eigenvalue weighted by atomic mass is 10.1. The molecule has 1 aromatic carbocycles. The zero-order valence-electron chi connectivity index (χ0n) is 15.9. The molecule has 0 unspecified atom stereocenters. The first-order valence-electron chi connectivity index (χ1n) is 9.37. The summed E-state index contributed by atoms with van der Waals surface area (Å²) in [6, 6.07) is 8.57. The van der Waals surface area contributed by atoms with Crippen LogP contribution in [0.15, 0.2) is 28.8 Å². The number of benzene rings is 1. The van der Waals surface area contributed by atoms with E-state index in [0.29, 0.717) is 30.6 Å². The first-order valence-corrected chi connectivity index (χ1v) is 9.37. The minimum absolute atomic E-state index is 0.180. The van der Waals surface area contributed by atoms with Gasteiger partial charge < -0.3 is 14.3 Å². The van der Waals surface area contributed by atoms with E-state index in [1.54, 1.807) is 0 Å². The van der Waals surface area contributed by atoms with Crippen LogP contribution in [0, 0.1) is 6.92 Å². The van der Waals surface area contributed by atoms with Crippen molar-refractivity contribution in [2.75, 3.05) is 27.2 Å². The van der Waals surface area contributed by atoms with Gasteiger partial charge in [0.25, 0.3) is 0 Å². The number of aromatic nitrogens is 2. The van der Waals surface area contributed by atoms with Crippen LogP contribution in [-0.4, -0.2) is 59.1 Å². The van der Waals surface area contributed by atoms with E-state index in [0.717, 1.165) is 43.5 Å². The molecule has 0 aliphatic carbocycles. The van der Waals surface area contributed by atoms with E-state index >= 15 is 0 Å². The van der Waals surface area contributed by atoms with Gasteiger partial charge in [-0.05, 0) is 46.3 Å². The second kappa shape index (κ2) is 8.45. The molecule has 1 amide bonds. The molecule has 1 aliphatic rings. The SMILES string of the molecule is Cc1cccc(-c2noc(CCC(=O)N3CCC[C@H](N(C)C)CC3)n2)c1. The van der Waals surface area contributed by atoms with Crippen LogP contribution >= 0.6 is 0 Å². The van der Waals surface area contributed by atoms with Gasteiger partial charge in [-0.15, -0.1) is 0 Å². The second-order valence-corrected chi connectivity index (χ2v) is 7.31. The number of aryl methyl sites for hydroxylation is 2. The summed E-state index contributed by atoms with van der Waals surface area (Å²) in [5, 5.41) is 4.05. The Morgan fingerprint density at radius 3 is 2.92 bits per heavy atom. The lowest BCUT2D eigenvalue weighted by Gasteiger charge is -2.23. The number of amides is 1. The molecule has 0 N–H and O–H groups in total. The Bertz CT molecular complexity index is 741. The zero-order chi connectivity index (χ0) is 18.5. The van der Waals surface area contributed by atoms with Crippen LogP contribution < -0.4 is 0 Å². The van der Waals surface area contributed by atoms with Gasteiger partial charge in [-0.25, -0.2) is 0 Å². The Hall–Kier alpha value is -2.21. The Morgan fingerprint density at radius 1 is 1.31 bits per heavy atom. The predicted octanol–water partition coefficient (Wildman–Crippen LogP) is 2.92. The van der Waals surface area contributed by atoms with E-state index in [-0.39, 0.29) is 5.91 Å². The van der Waals surface area contributed by atoms with Crippen molar-refractivity contribution in [3.05, 3.63) is 35.7 Å². The van der Waals surface area contributed by atoms with Crippen molar-refractivity contribution in [3.8, 4) is 11.4 Å². The maximum atomic E-state index is 12.5. The largest absolute Gasteiger partial charge is 0.343 e. The summed E-state index contributed by atoms with van der Waals surface area (Å²) in [6.07, 6.45) is 4.16. The predicted molar refractivity (Wildman–Crippen MR) is 101 cm³/mol. The summed E-state index contributed by atoms with van der Waals surface area (Å²) in [5.74, 6) is 1.29. The molecule has 0 spiro atoms. The van der Waals surface area contributed by atoms with Crippen LogP contribution in [0.3, 0.4) is 0 Å². The smallest absolute Gasteiger partial charge is 0.227 e. The number of likely N-dealkylation sites (tertiary alicyclic amines) is 1. The number of hydrogen-bond acceptors (Lipinski definition) is 5. The minimum Gasteiger partial charge on any atom is -0.343 e. The highest BCUT2D eigenvalue weighted by atomic mass is 16.5. The third kappa shape index (κ3) is 4.69. The van der Waals surface area contributed by atoms with Crippen LogP contribution in [0.25, 0.3) is 11.4 Å².